The van der Waals surface area contributed by atoms with Crippen molar-refractivity contribution in [2.24, 2.45) is 5.73 Å². The number of rotatable bonds is 1. The van der Waals surface area contributed by atoms with Crippen LogP contribution in [0.5, 0.6) is 0 Å². The Kier molecular flexibility index (Phi) is 2.05. The first-order chi connectivity index (χ1) is 6.16. The SMILES string of the molecule is NC(=S)c1nc2cc(Br)ccc2o1. The average molecular weight is 257 g/mol. The monoisotopic (exact) mass is 256 g/mol. The Labute approximate surface area is 88.1 Å². The van der Waals surface area contributed by atoms with Gasteiger partial charge in [-0.25, -0.2) is 4.98 Å². The second kappa shape index (κ2) is 3.08. The minimum absolute atomic E-state index is 0.173. The van der Waals surface area contributed by atoms with Crippen molar-refractivity contribution in [1.82, 2.24) is 4.98 Å². The van der Waals surface area contributed by atoms with Crippen LogP contribution < -0.4 is 5.73 Å². The fourth-order valence-corrected chi connectivity index (χ4v) is 1.44. The highest BCUT2D eigenvalue weighted by Gasteiger charge is 2.07. The van der Waals surface area contributed by atoms with Crippen molar-refractivity contribution in [2.45, 2.75) is 0 Å². The van der Waals surface area contributed by atoms with Crippen LogP contribution in [0.3, 0.4) is 0 Å². The summed E-state index contributed by atoms with van der Waals surface area (Å²) in [6.45, 7) is 0. The highest BCUT2D eigenvalue weighted by molar-refractivity contribution is 9.10. The molecule has 2 rings (SSSR count). The average Bonchev–Trinajstić information content (AvgIpc) is 2.46. The van der Waals surface area contributed by atoms with E-state index in [-0.39, 0.29) is 4.99 Å². The highest BCUT2D eigenvalue weighted by Crippen LogP contribution is 2.20. The van der Waals surface area contributed by atoms with Gasteiger partial charge in [-0.1, -0.05) is 28.1 Å². The van der Waals surface area contributed by atoms with Crippen LogP contribution in [-0.4, -0.2) is 9.97 Å². The maximum Gasteiger partial charge on any atom is 0.255 e. The Balaban J connectivity index is 2.68. The summed E-state index contributed by atoms with van der Waals surface area (Å²) in [6, 6.07) is 5.53. The van der Waals surface area contributed by atoms with E-state index >= 15 is 0 Å². The van der Waals surface area contributed by atoms with Gasteiger partial charge >= 0.3 is 0 Å². The van der Waals surface area contributed by atoms with Crippen LogP contribution in [-0.2, 0) is 0 Å². The van der Waals surface area contributed by atoms with Crippen LogP contribution in [0.1, 0.15) is 5.89 Å². The number of oxazole rings is 1. The van der Waals surface area contributed by atoms with Gasteiger partial charge in [-0.2, -0.15) is 0 Å². The van der Waals surface area contributed by atoms with Crippen LogP contribution >= 0.6 is 28.1 Å². The summed E-state index contributed by atoms with van der Waals surface area (Å²) in [5.74, 6) is 0.308. The van der Waals surface area contributed by atoms with Gasteiger partial charge in [0.1, 0.15) is 5.52 Å². The van der Waals surface area contributed by atoms with Crippen LogP contribution in [0, 0.1) is 0 Å². The summed E-state index contributed by atoms with van der Waals surface area (Å²) >= 11 is 8.08. The maximum atomic E-state index is 5.38. The molecule has 5 heteroatoms. The maximum absolute atomic E-state index is 5.38. The molecule has 13 heavy (non-hydrogen) atoms. The first-order valence-corrected chi connectivity index (χ1v) is 4.73. The zero-order chi connectivity index (χ0) is 9.42. The third kappa shape index (κ3) is 1.57. The van der Waals surface area contributed by atoms with E-state index < -0.39 is 0 Å². The molecule has 1 heterocycles. The third-order valence-electron chi connectivity index (χ3n) is 1.56. The summed E-state index contributed by atoms with van der Waals surface area (Å²) in [4.78, 5) is 4.28. The number of halogens is 1. The standard InChI is InChI=1S/C8H5BrN2OS/c9-4-1-2-6-5(3-4)11-8(12-6)7(10)13/h1-3H,(H2,10,13). The van der Waals surface area contributed by atoms with E-state index in [4.69, 9.17) is 22.4 Å². The van der Waals surface area contributed by atoms with Crippen molar-refractivity contribution in [1.29, 1.82) is 0 Å². The van der Waals surface area contributed by atoms with Crippen LogP contribution in [0.4, 0.5) is 0 Å². The van der Waals surface area contributed by atoms with Gasteiger partial charge in [0.25, 0.3) is 5.89 Å². The van der Waals surface area contributed by atoms with E-state index in [9.17, 15) is 0 Å². The van der Waals surface area contributed by atoms with Gasteiger partial charge in [0, 0.05) is 4.47 Å². The lowest BCUT2D eigenvalue weighted by Gasteiger charge is -1.86. The predicted octanol–water partition coefficient (Wildman–Crippen LogP) is 2.22. The number of nitrogens with two attached hydrogens (primary N) is 1. The molecule has 0 amide bonds. The van der Waals surface area contributed by atoms with E-state index in [1.54, 1.807) is 0 Å². The Morgan fingerprint density at radius 1 is 1.54 bits per heavy atom. The molecular formula is C8H5BrN2OS. The molecule has 1 aromatic heterocycles. The number of fused-ring (bicyclic) bond motifs is 1. The van der Waals surface area contributed by atoms with Crippen LogP contribution in [0.15, 0.2) is 27.1 Å². The number of hydrogen-bond acceptors (Lipinski definition) is 3. The fourth-order valence-electron chi connectivity index (χ4n) is 1.01. The van der Waals surface area contributed by atoms with Gasteiger partial charge in [0.05, 0.1) is 0 Å². The molecule has 0 aliphatic heterocycles. The molecule has 0 saturated carbocycles. The summed E-state index contributed by atoms with van der Waals surface area (Å²) in [5, 5.41) is 0. The molecule has 0 bridgehead atoms. The number of aromatic nitrogens is 1. The highest BCUT2D eigenvalue weighted by atomic mass is 79.9. The van der Waals surface area contributed by atoms with Gasteiger partial charge in [0.15, 0.2) is 10.6 Å². The first-order valence-electron chi connectivity index (χ1n) is 3.53. The van der Waals surface area contributed by atoms with Crippen molar-refractivity contribution in [3.8, 4) is 0 Å². The van der Waals surface area contributed by atoms with Crippen molar-refractivity contribution in [3.05, 3.63) is 28.6 Å². The largest absolute Gasteiger partial charge is 0.434 e. The van der Waals surface area contributed by atoms with Gasteiger partial charge in [0.2, 0.25) is 0 Å². The molecular weight excluding hydrogens is 252 g/mol. The predicted molar refractivity (Wildman–Crippen MR) is 57.6 cm³/mol. The molecule has 0 aliphatic rings. The van der Waals surface area contributed by atoms with E-state index in [2.05, 4.69) is 20.9 Å². The molecule has 2 N–H and O–H groups in total. The molecule has 3 nitrogen and oxygen atoms in total. The molecule has 1 aromatic carbocycles. The summed E-state index contributed by atoms with van der Waals surface area (Å²) in [6.07, 6.45) is 0. The lowest BCUT2D eigenvalue weighted by molar-refractivity contribution is 0.591. The molecule has 0 radical (unpaired) electrons. The molecule has 0 aliphatic carbocycles. The van der Waals surface area contributed by atoms with E-state index in [1.807, 2.05) is 18.2 Å². The number of benzene rings is 1. The smallest absolute Gasteiger partial charge is 0.255 e. The molecule has 66 valence electrons. The molecule has 0 atom stereocenters. The lowest BCUT2D eigenvalue weighted by Crippen LogP contribution is -2.09. The number of nitrogens with zero attached hydrogens (tertiary/aromatic N) is 1. The van der Waals surface area contributed by atoms with Crippen LogP contribution in [0.2, 0.25) is 0 Å². The minimum Gasteiger partial charge on any atom is -0.434 e. The van der Waals surface area contributed by atoms with Crippen molar-refractivity contribution in [3.63, 3.8) is 0 Å². The van der Waals surface area contributed by atoms with Crippen molar-refractivity contribution < 1.29 is 4.42 Å². The molecule has 0 fully saturated rings. The third-order valence-corrected chi connectivity index (χ3v) is 2.23. The van der Waals surface area contributed by atoms with Gasteiger partial charge in [-0.3, -0.25) is 0 Å². The fraction of sp³-hybridized carbons (Fsp3) is 0. The topological polar surface area (TPSA) is 52.0 Å². The van der Waals surface area contributed by atoms with E-state index in [0.29, 0.717) is 11.5 Å². The summed E-state index contributed by atoms with van der Waals surface area (Å²) in [5.41, 5.74) is 6.81. The zero-order valence-electron chi connectivity index (χ0n) is 6.45. The van der Waals surface area contributed by atoms with E-state index in [0.717, 1.165) is 9.99 Å². The Morgan fingerprint density at radius 2 is 2.31 bits per heavy atom. The second-order valence-corrected chi connectivity index (χ2v) is 3.85. The van der Waals surface area contributed by atoms with Crippen molar-refractivity contribution in [2.75, 3.05) is 0 Å². The molecule has 0 saturated heterocycles. The van der Waals surface area contributed by atoms with Gasteiger partial charge in [-0.05, 0) is 18.2 Å². The Morgan fingerprint density at radius 3 is 3.00 bits per heavy atom. The normalized spacial score (nSPS) is 10.5. The first kappa shape index (κ1) is 8.65. The Bertz CT molecular complexity index is 480. The number of hydrogen-bond donors (Lipinski definition) is 1. The van der Waals surface area contributed by atoms with Gasteiger partial charge in [-0.15, -0.1) is 0 Å². The van der Waals surface area contributed by atoms with Gasteiger partial charge < -0.3 is 10.2 Å². The molecule has 0 unspecified atom stereocenters. The Hall–Kier alpha value is -0.940. The summed E-state index contributed by atoms with van der Waals surface area (Å²) < 4.78 is 6.23. The quantitative estimate of drug-likeness (QED) is 0.796. The summed E-state index contributed by atoms with van der Waals surface area (Å²) in [7, 11) is 0. The second-order valence-electron chi connectivity index (χ2n) is 2.50. The molecule has 2 aromatic rings. The van der Waals surface area contributed by atoms with E-state index in [1.165, 1.54) is 0 Å². The lowest BCUT2D eigenvalue weighted by atomic mass is 10.3. The molecule has 0 spiro atoms. The number of thiocarbonyl (C=S) groups is 1. The minimum atomic E-state index is 0.173. The zero-order valence-corrected chi connectivity index (χ0v) is 8.85. The van der Waals surface area contributed by atoms with Crippen molar-refractivity contribution >= 4 is 44.2 Å². The van der Waals surface area contributed by atoms with Crippen LogP contribution in [0.25, 0.3) is 11.1 Å².